The lowest BCUT2D eigenvalue weighted by molar-refractivity contribution is 0.211. The minimum absolute atomic E-state index is 0.380. The molecule has 64 valence electrons. The van der Waals surface area contributed by atoms with Crippen LogP contribution < -0.4 is 0 Å². The molecule has 0 aromatic carbocycles. The van der Waals surface area contributed by atoms with E-state index in [9.17, 15) is 0 Å². The normalized spacial score (nSPS) is 22.5. The molecule has 11 heavy (non-hydrogen) atoms. The molecule has 1 atom stereocenters. The summed E-state index contributed by atoms with van der Waals surface area (Å²) in [5, 5.41) is 0. The van der Waals surface area contributed by atoms with Crippen LogP contribution in [0.5, 0.6) is 0 Å². The summed E-state index contributed by atoms with van der Waals surface area (Å²) in [5.41, 5.74) is 0. The van der Waals surface area contributed by atoms with Crippen molar-refractivity contribution in [3.63, 3.8) is 0 Å². The molecule has 0 N–H and O–H groups in total. The number of allylic oxidation sites excluding steroid dienone is 1. The van der Waals surface area contributed by atoms with E-state index in [4.69, 9.17) is 9.47 Å². The van der Waals surface area contributed by atoms with E-state index in [-0.39, 0.29) is 0 Å². The van der Waals surface area contributed by atoms with Gasteiger partial charge in [-0.05, 0) is 18.9 Å². The lowest BCUT2D eigenvalue weighted by Gasteiger charge is -1.94. The monoisotopic (exact) mass is 156 g/mol. The van der Waals surface area contributed by atoms with Gasteiger partial charge < -0.3 is 9.47 Å². The lowest BCUT2D eigenvalue weighted by Crippen LogP contribution is -1.94. The molecular formula is C9H16O2. The van der Waals surface area contributed by atoms with Crippen molar-refractivity contribution in [1.82, 2.24) is 0 Å². The molecule has 0 bridgehead atoms. The van der Waals surface area contributed by atoms with Crippen LogP contribution in [0.4, 0.5) is 0 Å². The van der Waals surface area contributed by atoms with Gasteiger partial charge >= 0.3 is 0 Å². The molecule has 0 saturated carbocycles. The van der Waals surface area contributed by atoms with E-state index >= 15 is 0 Å². The Morgan fingerprint density at radius 1 is 1.64 bits per heavy atom. The van der Waals surface area contributed by atoms with Crippen LogP contribution in [0.25, 0.3) is 0 Å². The van der Waals surface area contributed by atoms with E-state index in [1.165, 1.54) is 12.8 Å². The van der Waals surface area contributed by atoms with E-state index in [0.717, 1.165) is 19.6 Å². The van der Waals surface area contributed by atoms with Crippen LogP contribution in [-0.4, -0.2) is 19.3 Å². The third-order valence-electron chi connectivity index (χ3n) is 1.60. The number of epoxide rings is 1. The van der Waals surface area contributed by atoms with Crippen LogP contribution in [0.15, 0.2) is 12.3 Å². The summed E-state index contributed by atoms with van der Waals surface area (Å²) >= 11 is 0. The summed E-state index contributed by atoms with van der Waals surface area (Å²) in [7, 11) is 0. The zero-order valence-electron chi connectivity index (χ0n) is 7.08. The third kappa shape index (κ3) is 4.85. The molecule has 0 aromatic heterocycles. The first kappa shape index (κ1) is 8.60. The van der Waals surface area contributed by atoms with Gasteiger partial charge in [-0.15, -0.1) is 0 Å². The lowest BCUT2D eigenvalue weighted by atomic mass is 10.2. The molecular weight excluding hydrogens is 140 g/mol. The molecule has 1 unspecified atom stereocenters. The maximum absolute atomic E-state index is 5.20. The molecule has 0 spiro atoms. The Bertz CT molecular complexity index is 117. The van der Waals surface area contributed by atoms with Gasteiger partial charge in [-0.1, -0.05) is 13.3 Å². The van der Waals surface area contributed by atoms with Crippen molar-refractivity contribution in [3.8, 4) is 0 Å². The summed E-state index contributed by atoms with van der Waals surface area (Å²) in [6.45, 7) is 3.79. The minimum atomic E-state index is 0.380. The third-order valence-corrected chi connectivity index (χ3v) is 1.60. The maximum atomic E-state index is 5.20. The molecule has 2 nitrogen and oxygen atoms in total. The van der Waals surface area contributed by atoms with Crippen molar-refractivity contribution in [2.45, 2.75) is 32.3 Å². The highest BCUT2D eigenvalue weighted by Gasteiger charge is 2.22. The Labute approximate surface area is 68.2 Å². The summed E-state index contributed by atoms with van der Waals surface area (Å²) in [4.78, 5) is 0. The van der Waals surface area contributed by atoms with Gasteiger partial charge in [0.1, 0.15) is 12.7 Å². The van der Waals surface area contributed by atoms with Crippen molar-refractivity contribution in [2.75, 3.05) is 13.2 Å². The molecule has 2 heteroatoms. The number of unbranched alkanes of at least 4 members (excludes halogenated alkanes) is 2. The van der Waals surface area contributed by atoms with Crippen molar-refractivity contribution in [1.29, 1.82) is 0 Å². The van der Waals surface area contributed by atoms with E-state index in [1.54, 1.807) is 6.26 Å². The first-order valence-electron chi connectivity index (χ1n) is 4.31. The van der Waals surface area contributed by atoms with Crippen LogP contribution in [-0.2, 0) is 9.47 Å². The average Bonchev–Trinajstić information content (AvgIpc) is 2.80. The predicted molar refractivity (Wildman–Crippen MR) is 44.4 cm³/mol. The molecule has 1 saturated heterocycles. The molecule has 1 aliphatic rings. The average molecular weight is 156 g/mol. The molecule has 1 heterocycles. The van der Waals surface area contributed by atoms with Crippen molar-refractivity contribution in [3.05, 3.63) is 12.3 Å². The molecule has 0 amide bonds. The quantitative estimate of drug-likeness (QED) is 0.334. The van der Waals surface area contributed by atoms with E-state index in [1.807, 2.05) is 0 Å². The fourth-order valence-electron chi connectivity index (χ4n) is 0.785. The van der Waals surface area contributed by atoms with Crippen molar-refractivity contribution in [2.24, 2.45) is 0 Å². The first-order chi connectivity index (χ1) is 5.43. The fourth-order valence-corrected chi connectivity index (χ4v) is 0.785. The molecule has 0 radical (unpaired) electrons. The number of ether oxygens (including phenoxy) is 2. The van der Waals surface area contributed by atoms with Gasteiger partial charge in [0.05, 0.1) is 12.9 Å². The first-order valence-corrected chi connectivity index (χ1v) is 4.31. The summed E-state index contributed by atoms with van der Waals surface area (Å²) < 4.78 is 10.2. The highest BCUT2D eigenvalue weighted by molar-refractivity contribution is 4.75. The minimum Gasteiger partial charge on any atom is -0.499 e. The predicted octanol–water partition coefficient (Wildman–Crippen LogP) is 2.11. The summed E-state index contributed by atoms with van der Waals surface area (Å²) in [6.07, 6.45) is 7.87. The summed E-state index contributed by atoms with van der Waals surface area (Å²) in [5.74, 6) is 0. The van der Waals surface area contributed by atoms with Gasteiger partial charge in [-0.25, -0.2) is 0 Å². The highest BCUT2D eigenvalue weighted by atomic mass is 16.6. The smallest absolute Gasteiger partial charge is 0.116 e. The largest absolute Gasteiger partial charge is 0.499 e. The van der Waals surface area contributed by atoms with Gasteiger partial charge in [0, 0.05) is 0 Å². The molecule has 0 aromatic rings. The molecule has 1 fully saturated rings. The van der Waals surface area contributed by atoms with Gasteiger partial charge in [-0.3, -0.25) is 0 Å². The number of rotatable bonds is 6. The second-order valence-electron chi connectivity index (χ2n) is 2.80. The SMILES string of the molecule is CCCCC=COCC1CO1. The Morgan fingerprint density at radius 2 is 2.45 bits per heavy atom. The van der Waals surface area contributed by atoms with Crippen LogP contribution in [0, 0.1) is 0 Å². The molecule has 0 aliphatic carbocycles. The van der Waals surface area contributed by atoms with Crippen molar-refractivity contribution >= 4 is 0 Å². The number of hydrogen-bond acceptors (Lipinski definition) is 2. The topological polar surface area (TPSA) is 21.8 Å². The maximum Gasteiger partial charge on any atom is 0.116 e. The van der Waals surface area contributed by atoms with Crippen LogP contribution in [0.1, 0.15) is 26.2 Å². The van der Waals surface area contributed by atoms with E-state index in [0.29, 0.717) is 6.10 Å². The van der Waals surface area contributed by atoms with Gasteiger partial charge in [0.15, 0.2) is 0 Å². The Kier molecular flexibility index (Phi) is 4.06. The van der Waals surface area contributed by atoms with Gasteiger partial charge in [-0.2, -0.15) is 0 Å². The van der Waals surface area contributed by atoms with Crippen LogP contribution in [0.2, 0.25) is 0 Å². The number of hydrogen-bond donors (Lipinski definition) is 0. The molecule has 1 rings (SSSR count). The Hall–Kier alpha value is -0.500. The fraction of sp³-hybridized carbons (Fsp3) is 0.778. The zero-order chi connectivity index (χ0) is 7.94. The summed E-state index contributed by atoms with van der Waals surface area (Å²) in [6, 6.07) is 0. The standard InChI is InChI=1S/C9H16O2/c1-2-3-4-5-6-10-7-9-8-11-9/h5-6,9H,2-4,7-8H2,1H3. The van der Waals surface area contributed by atoms with Crippen LogP contribution in [0.3, 0.4) is 0 Å². The van der Waals surface area contributed by atoms with E-state index in [2.05, 4.69) is 13.0 Å². The molecule has 1 aliphatic heterocycles. The Morgan fingerprint density at radius 3 is 3.09 bits per heavy atom. The highest BCUT2D eigenvalue weighted by Crippen LogP contribution is 2.08. The van der Waals surface area contributed by atoms with Gasteiger partial charge in [0.25, 0.3) is 0 Å². The second-order valence-corrected chi connectivity index (χ2v) is 2.80. The van der Waals surface area contributed by atoms with Gasteiger partial charge in [0.2, 0.25) is 0 Å². The van der Waals surface area contributed by atoms with Crippen molar-refractivity contribution < 1.29 is 9.47 Å². The van der Waals surface area contributed by atoms with Crippen LogP contribution >= 0.6 is 0 Å². The Balaban J connectivity index is 1.80. The zero-order valence-corrected chi connectivity index (χ0v) is 7.08. The second kappa shape index (κ2) is 5.19. The van der Waals surface area contributed by atoms with E-state index < -0.39 is 0 Å².